The van der Waals surface area contributed by atoms with Crippen LogP contribution in [0.3, 0.4) is 0 Å². The maximum atomic E-state index is 8.06. The minimum atomic E-state index is -0.167. The molecule has 0 amide bonds. The van der Waals surface area contributed by atoms with Gasteiger partial charge in [0, 0.05) is 151 Å². The van der Waals surface area contributed by atoms with E-state index in [1.807, 2.05) is 150 Å². The zero-order valence-corrected chi connectivity index (χ0v) is 53.7. The molecule has 0 atom stereocenters. The van der Waals surface area contributed by atoms with Crippen LogP contribution < -0.4 is 0 Å². The quantitative estimate of drug-likeness (QED) is 0.0814. The predicted molar refractivity (Wildman–Crippen MR) is 248 cm³/mol. The molecule has 1 N–H and O–H groups in total. The minimum absolute atomic E-state index is 0. The van der Waals surface area contributed by atoms with Gasteiger partial charge in [-0.3, -0.25) is 14.4 Å². The Kier molecular flexibility index (Phi) is 210. The van der Waals surface area contributed by atoms with Crippen molar-refractivity contribution in [3.05, 3.63) is 97.8 Å². The molecule has 0 aliphatic carbocycles. The van der Waals surface area contributed by atoms with Crippen LogP contribution in [0.25, 0.3) is 0 Å². The Balaban J connectivity index is -0.0000000203. The molecule has 1 radical (unpaired) electrons. The molecule has 0 aliphatic heterocycles. The molecule has 0 spiro atoms. The fourth-order valence-electron chi connectivity index (χ4n) is 1.23. The standard InChI is InChI=1S/2C6H6.2C4H10N2.C3H8O.C2H3I3.C2H4I.2C2H6.C2H4.CH4.CH3.V.4W/c2*1-2-4-6-5-3-1;2*1-5-4-6(2)3;1-3(2)4;1-2(3,4)5;1-2-3;3*1-2;;;;;;;/h2*1-6H;2*4H,1-3H3;3-4H,1-2H3;1H3;2H,1H3;2*1-2H3;1-2H2;1H4;1H3;;;;;/q;;;;;;-1;;;;;-1;;;;;. The van der Waals surface area contributed by atoms with Crippen molar-refractivity contribution in [2.45, 2.75) is 68.4 Å². The summed E-state index contributed by atoms with van der Waals surface area (Å²) in [7, 11) is 11.2. The van der Waals surface area contributed by atoms with Crippen LogP contribution in [-0.4, -0.2) is 75.4 Å². The maximum absolute atomic E-state index is 8.06. The fourth-order valence-corrected chi connectivity index (χ4v) is 1.23. The Bertz CT molecular complexity index is 572. The van der Waals surface area contributed by atoms with Crippen LogP contribution in [0.4, 0.5) is 0 Å². The van der Waals surface area contributed by atoms with E-state index < -0.39 is 0 Å². The van der Waals surface area contributed by atoms with Gasteiger partial charge in [0.05, 0.1) is 12.7 Å². The monoisotopic (exact) mass is 1860 g/mol. The number of alkyl halides is 3. The summed E-state index contributed by atoms with van der Waals surface area (Å²) in [6.45, 7) is 21.6. The van der Waals surface area contributed by atoms with Gasteiger partial charge in [-0.2, -0.15) is 6.92 Å². The third-order valence-electron chi connectivity index (χ3n) is 2.03. The molecule has 2 aromatic rings. The van der Waals surface area contributed by atoms with E-state index in [0.717, 1.165) is 0 Å². The van der Waals surface area contributed by atoms with Gasteiger partial charge in [0.2, 0.25) is 0 Å². The first-order valence-electron chi connectivity index (χ1n) is 13.5. The zero-order chi connectivity index (χ0) is 35.3. The number of aliphatic hydroxyl groups is 1. The second kappa shape index (κ2) is 104. The van der Waals surface area contributed by atoms with Gasteiger partial charge in [-0.15, -0.1) is 13.2 Å². The number of nitrogens with zero attached hydrogens (tertiary/aromatic N) is 4. The van der Waals surface area contributed by atoms with Gasteiger partial charge in [0.1, 0.15) is -0.565 Å². The SMILES string of the molecule is C.C=C.CC.CC.CC(C)O.CC(I)(I)I.CN=CN(C)C.CN=CN(C)C.C[CH-]I.[CH3-].[V].[W].[W].[W].[W].c1ccccc1.c1ccccc1. The molecule has 5 nitrogen and oxygen atoms in total. The van der Waals surface area contributed by atoms with Gasteiger partial charge >= 0.3 is 0 Å². The van der Waals surface area contributed by atoms with E-state index >= 15 is 0 Å². The number of halogens is 4. The number of rotatable bonds is 2. The van der Waals surface area contributed by atoms with E-state index in [0.29, 0.717) is -0.565 Å². The summed E-state index contributed by atoms with van der Waals surface area (Å²) in [6.07, 6.45) is 3.33. The van der Waals surface area contributed by atoms with Crippen LogP contribution in [0.15, 0.2) is 95.9 Å². The largest absolute Gasteiger partial charge is 0.394 e. The zero-order valence-electron chi connectivity index (χ0n) is 32.0. The first-order chi connectivity index (χ1) is 19.7. The molecule has 295 valence electrons. The number of aliphatic imine (C=N–C) groups is 2. The molecule has 14 heteroatoms. The van der Waals surface area contributed by atoms with E-state index in [-0.39, 0.29) is 124 Å². The summed E-state index contributed by atoms with van der Waals surface area (Å²) in [6, 6.07) is 24.0. The minimum Gasteiger partial charge on any atom is -0.394 e. The molecule has 0 heterocycles. The Morgan fingerprint density at radius 2 is 0.735 bits per heavy atom. The van der Waals surface area contributed by atoms with Crippen molar-refractivity contribution < 1.29 is 108 Å². The average Bonchev–Trinajstić information content (AvgIpc) is 2.94. The van der Waals surface area contributed by atoms with Crippen molar-refractivity contribution >= 4 is 103 Å². The van der Waals surface area contributed by atoms with Gasteiger partial charge in [0.25, 0.3) is 0 Å². The maximum Gasteiger partial charge on any atom is 0.121 e. The first-order valence-corrected chi connectivity index (χ1v) is 18.0. The summed E-state index contributed by atoms with van der Waals surface area (Å²) >= 11 is 9.22. The van der Waals surface area contributed by atoms with Crippen molar-refractivity contribution in [3.8, 4) is 0 Å². The smallest absolute Gasteiger partial charge is 0.121 e. The van der Waals surface area contributed by atoms with Gasteiger partial charge in [0.15, 0.2) is 0 Å². The number of aliphatic hydroxyl groups excluding tert-OH is 1. The third-order valence-corrected chi connectivity index (χ3v) is 2.03. The van der Waals surface area contributed by atoms with Crippen LogP contribution in [0.2, 0.25) is 0 Å². The molecule has 0 bridgehead atoms. The summed E-state index contributed by atoms with van der Waals surface area (Å²) in [5, 5.41) is 8.06. The molecule has 0 saturated carbocycles. The second-order valence-corrected chi connectivity index (χ2v) is 21.0. The van der Waals surface area contributed by atoms with E-state index in [4.69, 9.17) is 5.11 Å². The van der Waals surface area contributed by atoms with Gasteiger partial charge in [-0.05, 0) is 20.8 Å². The van der Waals surface area contributed by atoms with Gasteiger partial charge in [-0.1, -0.05) is 176 Å². The third kappa shape index (κ3) is 274. The predicted octanol–water partition coefficient (Wildman–Crippen LogP) is 12.7. The Morgan fingerprint density at radius 3 is 0.755 bits per heavy atom. The van der Waals surface area contributed by atoms with Crippen LogP contribution in [-0.2, 0) is 103 Å². The summed E-state index contributed by atoms with van der Waals surface area (Å²) in [5.74, 6) is 0. The van der Waals surface area contributed by atoms with E-state index in [9.17, 15) is 0 Å². The first kappa shape index (κ1) is 98.9. The average molecular weight is 1860 g/mol. The summed E-state index contributed by atoms with van der Waals surface area (Å²) in [4.78, 5) is 11.2. The van der Waals surface area contributed by atoms with Crippen LogP contribution in [0.5, 0.6) is 0 Å². The van der Waals surface area contributed by atoms with Crippen molar-refractivity contribution in [1.29, 1.82) is 0 Å². The molecular weight excluding hydrogens is 1790 g/mol. The van der Waals surface area contributed by atoms with Gasteiger partial charge in [-0.25, -0.2) is 0 Å². The van der Waals surface area contributed by atoms with E-state index in [1.54, 1.807) is 40.6 Å². The Labute approximate surface area is 432 Å². The van der Waals surface area contributed by atoms with E-state index in [2.05, 4.69) is 120 Å². The summed E-state index contributed by atoms with van der Waals surface area (Å²) < 4.78 is 2.38. The molecule has 0 unspecified atom stereocenters. The molecule has 49 heavy (non-hydrogen) atoms. The molecule has 0 aromatic heterocycles. The topological polar surface area (TPSA) is 51.4 Å². The molecule has 0 saturated heterocycles. The number of hydrogen-bond donors (Lipinski definition) is 1. The van der Waals surface area contributed by atoms with Gasteiger partial charge < -0.3 is 44.9 Å². The van der Waals surface area contributed by atoms with Crippen LogP contribution in [0.1, 0.15) is 62.8 Å². The Morgan fingerprint density at radius 1 is 0.653 bits per heavy atom. The second-order valence-electron chi connectivity index (χ2n) is 7.08. The molecule has 2 aromatic carbocycles. The van der Waals surface area contributed by atoms with Crippen molar-refractivity contribution in [2.24, 2.45) is 9.98 Å². The van der Waals surface area contributed by atoms with Crippen LogP contribution >= 0.6 is 90.4 Å². The number of benzene rings is 2. The number of hydrogen-bond acceptors (Lipinski definition) is 3. The molecule has 0 aliphatic rings. The molecule has 2 rings (SSSR count). The normalized spacial score (nSPS) is 7.02. The summed E-state index contributed by atoms with van der Waals surface area (Å²) in [5.41, 5.74) is 0. The fraction of sp³-hybridized carbons (Fsp3) is 0.486. The van der Waals surface area contributed by atoms with Crippen molar-refractivity contribution in [2.75, 3.05) is 42.3 Å². The Hall–Kier alpha value is 3.34. The van der Waals surface area contributed by atoms with E-state index in [1.165, 1.54) is 0 Å². The molecular formula is C35H70I4N4OVW4-2. The molecule has 0 fully saturated rings. The van der Waals surface area contributed by atoms with Crippen molar-refractivity contribution in [3.63, 3.8) is 0 Å². The van der Waals surface area contributed by atoms with Crippen molar-refractivity contribution in [1.82, 2.24) is 9.80 Å². The van der Waals surface area contributed by atoms with Crippen LogP contribution in [0, 0.1) is 11.9 Å².